The van der Waals surface area contributed by atoms with Crippen molar-refractivity contribution in [3.05, 3.63) is 77.1 Å². The van der Waals surface area contributed by atoms with Gasteiger partial charge < -0.3 is 4.74 Å². The summed E-state index contributed by atoms with van der Waals surface area (Å²) in [7, 11) is -2.56. The first kappa shape index (κ1) is 21.1. The second-order valence-corrected chi connectivity index (χ2v) is 8.57. The van der Waals surface area contributed by atoms with Gasteiger partial charge in [0.2, 0.25) is 0 Å². The van der Waals surface area contributed by atoms with Crippen molar-refractivity contribution in [3.8, 4) is 16.9 Å². The van der Waals surface area contributed by atoms with Gasteiger partial charge in [0, 0.05) is 23.0 Å². The van der Waals surface area contributed by atoms with Crippen LogP contribution in [0.4, 0.5) is 13.2 Å². The summed E-state index contributed by atoms with van der Waals surface area (Å²) >= 11 is 5.91. The first-order valence-electron chi connectivity index (χ1n) is 8.28. The third kappa shape index (κ3) is 4.71. The predicted octanol–water partition coefficient (Wildman–Crippen LogP) is 5.40. The van der Waals surface area contributed by atoms with Crippen LogP contribution in [0, 0.1) is 0 Å². The summed E-state index contributed by atoms with van der Waals surface area (Å²) in [5.41, 5.74) is -0.490. The SMILES string of the molecule is COc1ccc(Cl)cc1S(=O)(=O)Cc1cncc(-c2ccccc2C(F)(F)F)c1. The van der Waals surface area contributed by atoms with Gasteiger partial charge in [-0.3, -0.25) is 4.98 Å². The summed E-state index contributed by atoms with van der Waals surface area (Å²) in [6.45, 7) is 0. The van der Waals surface area contributed by atoms with Crippen LogP contribution in [-0.2, 0) is 21.8 Å². The fourth-order valence-corrected chi connectivity index (χ4v) is 4.64. The lowest BCUT2D eigenvalue weighted by atomic mass is 10.00. The van der Waals surface area contributed by atoms with Crippen LogP contribution in [0.1, 0.15) is 11.1 Å². The van der Waals surface area contributed by atoms with Crippen LogP contribution < -0.4 is 4.74 Å². The van der Waals surface area contributed by atoms with Crippen molar-refractivity contribution in [3.63, 3.8) is 0 Å². The number of ether oxygens (including phenoxy) is 1. The molecule has 9 heteroatoms. The van der Waals surface area contributed by atoms with Gasteiger partial charge in [0.1, 0.15) is 10.6 Å². The minimum atomic E-state index is -4.55. The number of aromatic nitrogens is 1. The predicted molar refractivity (Wildman–Crippen MR) is 104 cm³/mol. The first-order chi connectivity index (χ1) is 13.6. The number of rotatable bonds is 5. The highest BCUT2D eigenvalue weighted by Gasteiger charge is 2.33. The molecule has 0 saturated heterocycles. The molecule has 0 saturated carbocycles. The van der Waals surface area contributed by atoms with Gasteiger partial charge in [-0.2, -0.15) is 13.2 Å². The average Bonchev–Trinajstić information content (AvgIpc) is 2.67. The third-order valence-electron chi connectivity index (χ3n) is 4.16. The summed E-state index contributed by atoms with van der Waals surface area (Å²) < 4.78 is 70.7. The molecule has 0 fully saturated rings. The molecule has 4 nitrogen and oxygen atoms in total. The smallest absolute Gasteiger partial charge is 0.417 e. The highest BCUT2D eigenvalue weighted by Crippen LogP contribution is 2.37. The summed E-state index contributed by atoms with van der Waals surface area (Å²) in [5.74, 6) is -0.348. The minimum Gasteiger partial charge on any atom is -0.495 e. The molecule has 0 atom stereocenters. The lowest BCUT2D eigenvalue weighted by Crippen LogP contribution is -2.08. The topological polar surface area (TPSA) is 56.3 Å². The molecule has 0 N–H and O–H groups in total. The Kier molecular flexibility index (Phi) is 5.86. The Balaban J connectivity index is 2.01. The van der Waals surface area contributed by atoms with Crippen molar-refractivity contribution in [2.45, 2.75) is 16.8 Å². The van der Waals surface area contributed by atoms with E-state index in [0.717, 1.165) is 6.07 Å². The first-order valence-corrected chi connectivity index (χ1v) is 10.3. The van der Waals surface area contributed by atoms with E-state index in [0.29, 0.717) is 0 Å². The molecule has 1 aromatic heterocycles. The van der Waals surface area contributed by atoms with E-state index in [4.69, 9.17) is 16.3 Å². The molecular formula is C20H15ClF3NO3S. The third-order valence-corrected chi connectivity index (χ3v) is 6.09. The lowest BCUT2D eigenvalue weighted by Gasteiger charge is -2.14. The fraction of sp³-hybridized carbons (Fsp3) is 0.150. The van der Waals surface area contributed by atoms with Crippen molar-refractivity contribution >= 4 is 21.4 Å². The normalized spacial score (nSPS) is 12.0. The Hall–Kier alpha value is -2.58. The van der Waals surface area contributed by atoms with Gasteiger partial charge in [-0.15, -0.1) is 0 Å². The Morgan fingerprint density at radius 2 is 1.79 bits per heavy atom. The number of hydrogen-bond acceptors (Lipinski definition) is 4. The molecule has 0 bridgehead atoms. The number of alkyl halides is 3. The Labute approximate surface area is 170 Å². The van der Waals surface area contributed by atoms with Crippen LogP contribution in [-0.4, -0.2) is 20.5 Å². The zero-order chi connectivity index (χ0) is 21.2. The summed E-state index contributed by atoms with van der Waals surface area (Å²) in [4.78, 5) is 3.83. The molecule has 1 heterocycles. The maximum Gasteiger partial charge on any atom is 0.417 e. The largest absolute Gasteiger partial charge is 0.495 e. The van der Waals surface area contributed by atoms with Crippen molar-refractivity contribution in [1.29, 1.82) is 0 Å². The lowest BCUT2D eigenvalue weighted by molar-refractivity contribution is -0.137. The highest BCUT2D eigenvalue weighted by molar-refractivity contribution is 7.90. The van der Waals surface area contributed by atoms with Gasteiger partial charge in [-0.25, -0.2) is 8.42 Å². The van der Waals surface area contributed by atoms with Crippen LogP contribution in [0.15, 0.2) is 65.8 Å². The van der Waals surface area contributed by atoms with Crippen LogP contribution in [0.25, 0.3) is 11.1 Å². The van der Waals surface area contributed by atoms with Crippen LogP contribution >= 0.6 is 11.6 Å². The van der Waals surface area contributed by atoms with Crippen LogP contribution in [0.3, 0.4) is 0 Å². The minimum absolute atomic E-state index is 0.0768. The van der Waals surface area contributed by atoms with E-state index < -0.39 is 27.3 Å². The van der Waals surface area contributed by atoms with E-state index >= 15 is 0 Å². The molecule has 152 valence electrons. The van der Waals surface area contributed by atoms with E-state index in [9.17, 15) is 21.6 Å². The molecular weight excluding hydrogens is 427 g/mol. The molecule has 2 aromatic carbocycles. The van der Waals surface area contributed by atoms with Gasteiger partial charge in [0.05, 0.1) is 18.4 Å². The Bertz CT molecular complexity index is 1150. The van der Waals surface area contributed by atoms with Gasteiger partial charge in [0.25, 0.3) is 0 Å². The quantitative estimate of drug-likeness (QED) is 0.531. The van der Waals surface area contributed by atoms with Gasteiger partial charge in [-0.05, 0) is 41.5 Å². The molecule has 0 aliphatic heterocycles. The molecule has 0 amide bonds. The maximum absolute atomic E-state index is 13.3. The number of halogens is 4. The molecule has 29 heavy (non-hydrogen) atoms. The van der Waals surface area contributed by atoms with Crippen molar-refractivity contribution < 1.29 is 26.3 Å². The van der Waals surface area contributed by atoms with Gasteiger partial charge in [0.15, 0.2) is 9.84 Å². The summed E-state index contributed by atoms with van der Waals surface area (Å²) in [6, 6.07) is 10.6. The van der Waals surface area contributed by atoms with E-state index in [-0.39, 0.29) is 32.4 Å². The summed E-state index contributed by atoms with van der Waals surface area (Å²) in [6.07, 6.45) is -1.98. The Morgan fingerprint density at radius 1 is 1.07 bits per heavy atom. The molecule has 0 radical (unpaired) electrons. The van der Waals surface area contributed by atoms with Crippen molar-refractivity contribution in [1.82, 2.24) is 4.98 Å². The monoisotopic (exact) mass is 441 g/mol. The standard InChI is InChI=1S/C20H15ClF3NO3S/c1-28-18-7-6-15(21)9-19(18)29(26,27)12-13-8-14(11-25-10-13)16-4-2-3-5-17(16)20(22,23)24/h2-11H,12H2,1H3. The summed E-state index contributed by atoms with van der Waals surface area (Å²) in [5, 5.41) is 0.218. The number of sulfone groups is 1. The van der Waals surface area contributed by atoms with Crippen LogP contribution in [0.5, 0.6) is 5.75 Å². The van der Waals surface area contributed by atoms with Crippen molar-refractivity contribution in [2.75, 3.05) is 7.11 Å². The number of hydrogen-bond donors (Lipinski definition) is 0. The Morgan fingerprint density at radius 3 is 2.48 bits per heavy atom. The molecule has 0 aliphatic carbocycles. The molecule has 0 unspecified atom stereocenters. The van der Waals surface area contributed by atoms with E-state index in [2.05, 4.69) is 4.98 Å². The van der Waals surface area contributed by atoms with Crippen molar-refractivity contribution in [2.24, 2.45) is 0 Å². The van der Waals surface area contributed by atoms with Gasteiger partial charge >= 0.3 is 6.18 Å². The van der Waals surface area contributed by atoms with Crippen LogP contribution in [0.2, 0.25) is 5.02 Å². The van der Waals surface area contributed by atoms with E-state index in [1.165, 1.54) is 62.0 Å². The second kappa shape index (κ2) is 8.04. The highest BCUT2D eigenvalue weighted by atomic mass is 35.5. The number of pyridine rings is 1. The number of nitrogens with zero attached hydrogens (tertiary/aromatic N) is 1. The number of benzene rings is 2. The molecule has 0 spiro atoms. The zero-order valence-corrected chi connectivity index (χ0v) is 16.6. The molecule has 0 aliphatic rings. The average molecular weight is 442 g/mol. The number of methoxy groups -OCH3 is 1. The van der Waals surface area contributed by atoms with Gasteiger partial charge in [-0.1, -0.05) is 29.8 Å². The zero-order valence-electron chi connectivity index (χ0n) is 15.1. The van der Waals surface area contributed by atoms with E-state index in [1.807, 2.05) is 0 Å². The second-order valence-electron chi connectivity index (χ2n) is 6.18. The fourth-order valence-electron chi connectivity index (χ4n) is 2.89. The molecule has 3 aromatic rings. The van der Waals surface area contributed by atoms with E-state index in [1.54, 1.807) is 0 Å². The molecule has 3 rings (SSSR count). The maximum atomic E-state index is 13.3.